The van der Waals surface area contributed by atoms with Crippen molar-refractivity contribution in [3.63, 3.8) is 0 Å². The first-order chi connectivity index (χ1) is 13.1. The molecule has 2 atom stereocenters. The molecule has 28 heavy (non-hydrogen) atoms. The van der Waals surface area contributed by atoms with Crippen molar-refractivity contribution in [2.75, 3.05) is 11.5 Å². The van der Waals surface area contributed by atoms with Crippen molar-refractivity contribution in [2.45, 2.75) is 30.7 Å². The summed E-state index contributed by atoms with van der Waals surface area (Å²) in [6.45, 7) is 0. The van der Waals surface area contributed by atoms with E-state index in [1.807, 2.05) is 6.07 Å². The molecule has 1 aromatic heterocycles. The lowest BCUT2D eigenvalue weighted by atomic mass is 9.98. The first kappa shape index (κ1) is 22.1. The number of aromatic nitrogens is 2. The highest BCUT2D eigenvalue weighted by atomic mass is 32.2. The molecule has 2 rings (SSSR count). The van der Waals surface area contributed by atoms with E-state index in [4.69, 9.17) is 10.8 Å². The minimum Gasteiger partial charge on any atom is -0.480 e. The Balaban J connectivity index is 2.07. The quantitative estimate of drug-likeness (QED) is 0.540. The van der Waals surface area contributed by atoms with Gasteiger partial charge < -0.3 is 15.9 Å². The number of aliphatic hydroxyl groups is 1. The Morgan fingerprint density at radius 3 is 2.25 bits per heavy atom. The van der Waals surface area contributed by atoms with Gasteiger partial charge in [-0.1, -0.05) is 30.3 Å². The molecule has 152 valence electrons. The fourth-order valence-corrected chi connectivity index (χ4v) is 3.42. The Labute approximate surface area is 164 Å². The average Bonchev–Trinajstić information content (AvgIpc) is 2.67. The number of aliphatic carboxylic acids is 1. The second-order valence-electron chi connectivity index (χ2n) is 6.12. The van der Waals surface area contributed by atoms with Crippen molar-refractivity contribution in [1.29, 1.82) is 0 Å². The highest BCUT2D eigenvalue weighted by molar-refractivity contribution is 7.99. The van der Waals surface area contributed by atoms with Crippen molar-refractivity contribution < 1.29 is 28.2 Å². The van der Waals surface area contributed by atoms with Crippen molar-refractivity contribution in [1.82, 2.24) is 9.97 Å². The molecule has 0 fully saturated rings. The summed E-state index contributed by atoms with van der Waals surface area (Å²) < 4.78 is 40.6. The summed E-state index contributed by atoms with van der Waals surface area (Å²) in [6.07, 6.45) is -3.01. The Hall–Kier alpha value is -2.17. The van der Waals surface area contributed by atoms with Crippen LogP contribution in [-0.2, 0) is 10.4 Å². The molecule has 0 bridgehead atoms. The predicted octanol–water partition coefficient (Wildman–Crippen LogP) is 2.82. The Kier molecular flexibility index (Phi) is 7.39. The zero-order chi connectivity index (χ0) is 20.8. The number of hydrogen-bond acceptors (Lipinski definition) is 6. The summed E-state index contributed by atoms with van der Waals surface area (Å²) in [5.74, 6) is -1.69. The van der Waals surface area contributed by atoms with Gasteiger partial charge in [0, 0.05) is 24.4 Å². The van der Waals surface area contributed by atoms with Gasteiger partial charge in [0.25, 0.3) is 0 Å². The predicted molar refractivity (Wildman–Crippen MR) is 99.6 cm³/mol. The van der Waals surface area contributed by atoms with Crippen LogP contribution in [0, 0.1) is 0 Å². The molecule has 0 radical (unpaired) electrons. The Bertz CT molecular complexity index is 775. The van der Waals surface area contributed by atoms with E-state index in [-0.39, 0.29) is 17.9 Å². The van der Waals surface area contributed by atoms with Crippen LogP contribution in [0.15, 0.2) is 42.7 Å². The van der Waals surface area contributed by atoms with Gasteiger partial charge in [-0.3, -0.25) is 4.79 Å². The lowest BCUT2D eigenvalue weighted by molar-refractivity contribution is -0.270. The van der Waals surface area contributed by atoms with Crippen molar-refractivity contribution in [3.8, 4) is 11.1 Å². The van der Waals surface area contributed by atoms with E-state index in [9.17, 15) is 23.1 Å². The van der Waals surface area contributed by atoms with Gasteiger partial charge in [0.2, 0.25) is 5.60 Å². The number of halogens is 3. The van der Waals surface area contributed by atoms with Gasteiger partial charge in [-0.2, -0.15) is 24.9 Å². The van der Waals surface area contributed by atoms with Crippen LogP contribution < -0.4 is 5.73 Å². The molecule has 6 nitrogen and oxygen atoms in total. The molecule has 0 saturated heterocycles. The van der Waals surface area contributed by atoms with E-state index in [2.05, 4.69) is 9.97 Å². The van der Waals surface area contributed by atoms with Gasteiger partial charge in [0.15, 0.2) is 5.82 Å². The largest absolute Gasteiger partial charge is 0.480 e. The third-order valence-electron chi connectivity index (χ3n) is 4.10. The lowest BCUT2D eigenvalue weighted by Gasteiger charge is -2.29. The standard InChI is InChI=1S/C18H20F3N3O3S/c19-18(20,21)17(27,7-9-28-8-6-14(22)15(25)26)16-23-10-13(11-24-16)12-4-2-1-3-5-12/h1-5,10-11,14,27H,6-9,22H2,(H,25,26). The zero-order valence-corrected chi connectivity index (χ0v) is 15.6. The molecule has 0 aliphatic heterocycles. The third-order valence-corrected chi connectivity index (χ3v) is 5.11. The average molecular weight is 415 g/mol. The van der Waals surface area contributed by atoms with Gasteiger partial charge >= 0.3 is 12.1 Å². The summed E-state index contributed by atoms with van der Waals surface area (Å²) in [6, 6.07) is 7.84. The van der Waals surface area contributed by atoms with Gasteiger partial charge in [0.05, 0.1) is 0 Å². The normalized spacial score (nSPS) is 15.0. The molecule has 0 spiro atoms. The van der Waals surface area contributed by atoms with Crippen LogP contribution in [0.25, 0.3) is 11.1 Å². The number of carboxylic acids is 1. The molecular weight excluding hydrogens is 395 g/mol. The minimum absolute atomic E-state index is 0.0633. The first-order valence-electron chi connectivity index (χ1n) is 8.38. The van der Waals surface area contributed by atoms with Gasteiger partial charge in [0.1, 0.15) is 6.04 Å². The molecular formula is C18H20F3N3O3S. The maximum absolute atomic E-state index is 13.5. The second kappa shape index (κ2) is 9.35. The van der Waals surface area contributed by atoms with Crippen LogP contribution in [0.2, 0.25) is 0 Å². The van der Waals surface area contributed by atoms with Crippen LogP contribution >= 0.6 is 11.8 Å². The SMILES string of the molecule is NC(CCSCCC(O)(c1ncc(-c2ccccc2)cn1)C(F)(F)F)C(=O)O. The number of hydrogen-bond donors (Lipinski definition) is 3. The molecule has 4 N–H and O–H groups in total. The minimum atomic E-state index is -4.96. The topological polar surface area (TPSA) is 109 Å². The molecule has 2 aromatic rings. The Morgan fingerprint density at radius 2 is 1.71 bits per heavy atom. The zero-order valence-electron chi connectivity index (χ0n) is 14.8. The highest BCUT2D eigenvalue weighted by Crippen LogP contribution is 2.41. The van der Waals surface area contributed by atoms with Crippen molar-refractivity contribution in [2.24, 2.45) is 5.73 Å². The molecule has 1 aromatic carbocycles. The van der Waals surface area contributed by atoms with E-state index in [1.54, 1.807) is 24.3 Å². The smallest absolute Gasteiger partial charge is 0.424 e. The van der Waals surface area contributed by atoms with E-state index in [0.29, 0.717) is 5.56 Å². The van der Waals surface area contributed by atoms with E-state index in [0.717, 1.165) is 17.3 Å². The number of alkyl halides is 3. The number of benzene rings is 1. The number of thioether (sulfide) groups is 1. The van der Waals surface area contributed by atoms with E-state index in [1.165, 1.54) is 12.4 Å². The van der Waals surface area contributed by atoms with Crippen molar-refractivity contribution >= 4 is 17.7 Å². The second-order valence-corrected chi connectivity index (χ2v) is 7.34. The van der Waals surface area contributed by atoms with Crippen LogP contribution in [0.4, 0.5) is 13.2 Å². The maximum atomic E-state index is 13.5. The molecule has 1 heterocycles. The monoisotopic (exact) mass is 415 g/mol. The number of nitrogens with zero attached hydrogens (tertiary/aromatic N) is 2. The number of rotatable bonds is 9. The molecule has 2 unspecified atom stereocenters. The van der Waals surface area contributed by atoms with Crippen LogP contribution in [-0.4, -0.2) is 49.9 Å². The fourth-order valence-electron chi connectivity index (χ4n) is 2.36. The summed E-state index contributed by atoms with van der Waals surface area (Å²) in [7, 11) is 0. The summed E-state index contributed by atoms with van der Waals surface area (Å²) in [4.78, 5) is 18.1. The van der Waals surface area contributed by atoms with Gasteiger partial charge in [-0.15, -0.1) is 0 Å². The van der Waals surface area contributed by atoms with Crippen LogP contribution in [0.5, 0.6) is 0 Å². The first-order valence-corrected chi connectivity index (χ1v) is 9.54. The maximum Gasteiger partial charge on any atom is 0.424 e. The summed E-state index contributed by atoms with van der Waals surface area (Å²) in [5, 5.41) is 19.0. The Morgan fingerprint density at radius 1 is 1.11 bits per heavy atom. The van der Waals surface area contributed by atoms with E-state index >= 15 is 0 Å². The molecule has 0 amide bonds. The molecule has 10 heteroatoms. The third kappa shape index (κ3) is 5.43. The highest BCUT2D eigenvalue weighted by Gasteiger charge is 2.56. The molecule has 0 aliphatic rings. The van der Waals surface area contributed by atoms with E-state index < -0.39 is 36.0 Å². The fraction of sp³-hybridized carbons (Fsp3) is 0.389. The summed E-state index contributed by atoms with van der Waals surface area (Å²) >= 11 is 1.08. The number of carbonyl (C=O) groups is 1. The molecule has 0 saturated carbocycles. The van der Waals surface area contributed by atoms with Gasteiger partial charge in [-0.25, -0.2) is 9.97 Å². The summed E-state index contributed by atoms with van der Waals surface area (Å²) in [5.41, 5.74) is 3.43. The van der Waals surface area contributed by atoms with Crippen molar-refractivity contribution in [3.05, 3.63) is 48.5 Å². The molecule has 0 aliphatic carbocycles. The number of nitrogens with two attached hydrogens (primary N) is 1. The van der Waals surface area contributed by atoms with Crippen LogP contribution in [0.3, 0.4) is 0 Å². The van der Waals surface area contributed by atoms with Crippen LogP contribution in [0.1, 0.15) is 18.7 Å². The van der Waals surface area contributed by atoms with Gasteiger partial charge in [-0.05, 0) is 23.5 Å². The lowest BCUT2D eigenvalue weighted by Crippen LogP contribution is -2.44. The number of carboxylic acid groups (broad SMARTS) is 1.